The van der Waals surface area contributed by atoms with E-state index in [1.165, 1.54) is 23.2 Å². The van der Waals surface area contributed by atoms with E-state index in [2.05, 4.69) is 16.4 Å². The Kier molecular flexibility index (Phi) is 7.56. The zero-order valence-electron chi connectivity index (χ0n) is 17.1. The molecule has 31 heavy (non-hydrogen) atoms. The second kappa shape index (κ2) is 10.5. The third-order valence-electron chi connectivity index (χ3n) is 4.68. The van der Waals surface area contributed by atoms with Crippen LogP contribution in [0.2, 0.25) is 0 Å². The summed E-state index contributed by atoms with van der Waals surface area (Å²) in [6.07, 6.45) is 4.23. The van der Waals surface area contributed by atoms with Gasteiger partial charge in [-0.1, -0.05) is 0 Å². The first-order valence-corrected chi connectivity index (χ1v) is 10.6. The first kappa shape index (κ1) is 22.2. The predicted molar refractivity (Wildman–Crippen MR) is 112 cm³/mol. The van der Waals surface area contributed by atoms with Crippen molar-refractivity contribution in [2.24, 2.45) is 0 Å². The van der Waals surface area contributed by atoms with Gasteiger partial charge in [-0.2, -0.15) is 5.26 Å². The van der Waals surface area contributed by atoms with Gasteiger partial charge in [-0.3, -0.25) is 14.6 Å². The van der Waals surface area contributed by atoms with Crippen LogP contribution in [0.1, 0.15) is 34.9 Å². The van der Waals surface area contributed by atoms with E-state index in [1.54, 1.807) is 12.4 Å². The van der Waals surface area contributed by atoms with Crippen molar-refractivity contribution in [2.45, 2.75) is 32.7 Å². The summed E-state index contributed by atoms with van der Waals surface area (Å²) in [5.74, 6) is -0.606. The average molecular weight is 442 g/mol. The number of esters is 1. The van der Waals surface area contributed by atoms with Crippen LogP contribution in [-0.4, -0.2) is 47.6 Å². The summed E-state index contributed by atoms with van der Waals surface area (Å²) in [5, 5.41) is 13.0. The molecule has 0 saturated carbocycles. The molecule has 0 atom stereocenters. The van der Waals surface area contributed by atoms with Gasteiger partial charge in [0, 0.05) is 37.2 Å². The van der Waals surface area contributed by atoms with E-state index in [9.17, 15) is 19.6 Å². The van der Waals surface area contributed by atoms with Crippen molar-refractivity contribution in [3.8, 4) is 6.07 Å². The predicted octanol–water partition coefficient (Wildman–Crippen LogP) is 2.64. The van der Waals surface area contributed by atoms with Crippen molar-refractivity contribution < 1.29 is 23.9 Å². The highest BCUT2D eigenvalue weighted by molar-refractivity contribution is 7.16. The lowest BCUT2D eigenvalue weighted by molar-refractivity contribution is -0.142. The number of fused-ring (bicyclic) bond motifs is 1. The Balaban J connectivity index is 1.58. The number of hydrogen-bond acceptors (Lipinski definition) is 8. The number of amides is 2. The quantitative estimate of drug-likeness (QED) is 0.517. The molecule has 0 saturated heterocycles. The molecule has 10 heteroatoms. The van der Waals surface area contributed by atoms with Crippen LogP contribution in [0, 0.1) is 11.3 Å². The lowest BCUT2D eigenvalue weighted by Gasteiger charge is -2.26. The van der Waals surface area contributed by atoms with E-state index in [1.807, 2.05) is 12.1 Å². The second-order valence-electron chi connectivity index (χ2n) is 6.85. The third-order valence-corrected chi connectivity index (χ3v) is 5.82. The molecule has 0 fully saturated rings. The van der Waals surface area contributed by atoms with Gasteiger partial charge in [0.2, 0.25) is 5.91 Å². The standard InChI is InChI=1S/C21H22N4O5S/c1-14(26)29-10-11-30-21(28)25-9-6-16-17(12-22)20(31-18(16)13-25)24-19(27)3-2-15-4-7-23-8-5-15/h4-5,7-8H,2-3,6,9-11,13H2,1H3,(H,24,27). The number of anilines is 1. The Morgan fingerprint density at radius 2 is 2.00 bits per heavy atom. The summed E-state index contributed by atoms with van der Waals surface area (Å²) in [4.78, 5) is 41.7. The zero-order chi connectivity index (χ0) is 22.2. The van der Waals surface area contributed by atoms with E-state index in [-0.39, 0.29) is 25.5 Å². The second-order valence-corrected chi connectivity index (χ2v) is 7.95. The number of thiophene rings is 1. The molecule has 0 unspecified atom stereocenters. The number of carbonyl (C=O) groups excluding carboxylic acids is 3. The Morgan fingerprint density at radius 3 is 2.71 bits per heavy atom. The van der Waals surface area contributed by atoms with E-state index < -0.39 is 12.1 Å². The van der Waals surface area contributed by atoms with Gasteiger partial charge in [0.1, 0.15) is 24.3 Å². The lowest BCUT2D eigenvalue weighted by atomic mass is 10.0. The van der Waals surface area contributed by atoms with Crippen molar-refractivity contribution in [3.05, 3.63) is 46.1 Å². The molecule has 0 spiro atoms. The fraction of sp³-hybridized carbons (Fsp3) is 0.381. The van der Waals surface area contributed by atoms with E-state index >= 15 is 0 Å². The highest BCUT2D eigenvalue weighted by Gasteiger charge is 2.28. The Hall–Kier alpha value is -3.45. The van der Waals surface area contributed by atoms with Gasteiger partial charge in [-0.25, -0.2) is 4.79 Å². The molecule has 2 aromatic rings. The first-order valence-electron chi connectivity index (χ1n) is 9.76. The molecule has 1 N–H and O–H groups in total. The normalized spacial score (nSPS) is 12.5. The van der Waals surface area contributed by atoms with Crippen LogP contribution in [-0.2, 0) is 38.4 Å². The number of ether oxygens (including phenoxy) is 2. The summed E-state index contributed by atoms with van der Waals surface area (Å²) in [6, 6.07) is 5.90. The van der Waals surface area contributed by atoms with Gasteiger partial charge in [0.05, 0.1) is 12.1 Å². The van der Waals surface area contributed by atoms with E-state index in [0.717, 1.165) is 16.0 Å². The number of aryl methyl sites for hydroxylation is 1. The number of nitriles is 1. The number of rotatable bonds is 7. The fourth-order valence-electron chi connectivity index (χ4n) is 3.17. The van der Waals surface area contributed by atoms with E-state index in [0.29, 0.717) is 36.5 Å². The average Bonchev–Trinajstić information content (AvgIpc) is 3.11. The molecule has 9 nitrogen and oxygen atoms in total. The molecular formula is C21H22N4O5S. The first-order chi connectivity index (χ1) is 15.0. The van der Waals surface area contributed by atoms with Gasteiger partial charge in [-0.05, 0) is 36.1 Å². The molecule has 0 radical (unpaired) electrons. The van der Waals surface area contributed by atoms with E-state index in [4.69, 9.17) is 9.47 Å². The minimum Gasteiger partial charge on any atom is -0.462 e. The maximum absolute atomic E-state index is 12.4. The molecular weight excluding hydrogens is 420 g/mol. The van der Waals surface area contributed by atoms with Gasteiger partial charge >= 0.3 is 12.1 Å². The third kappa shape index (κ3) is 6.02. The zero-order valence-corrected chi connectivity index (χ0v) is 17.9. The summed E-state index contributed by atoms with van der Waals surface area (Å²) in [6.45, 7) is 1.98. The van der Waals surface area contributed by atoms with Crippen LogP contribution in [0.4, 0.5) is 9.80 Å². The Morgan fingerprint density at radius 1 is 1.26 bits per heavy atom. The molecule has 1 aliphatic rings. The lowest BCUT2D eigenvalue weighted by Crippen LogP contribution is -2.36. The molecule has 162 valence electrons. The molecule has 1 aliphatic heterocycles. The highest BCUT2D eigenvalue weighted by Crippen LogP contribution is 2.36. The Labute approximate surface area is 183 Å². The number of hydrogen-bond donors (Lipinski definition) is 1. The van der Waals surface area contributed by atoms with Crippen molar-refractivity contribution >= 4 is 34.3 Å². The van der Waals surface area contributed by atoms with Crippen molar-refractivity contribution in [3.63, 3.8) is 0 Å². The summed E-state index contributed by atoms with van der Waals surface area (Å²) >= 11 is 1.31. The van der Waals surface area contributed by atoms with Crippen LogP contribution in [0.15, 0.2) is 24.5 Å². The minimum absolute atomic E-state index is 0.00736. The maximum atomic E-state index is 12.4. The molecule has 0 aromatic carbocycles. The molecule has 2 amide bonds. The van der Waals surface area contributed by atoms with Gasteiger partial charge < -0.3 is 19.7 Å². The van der Waals surface area contributed by atoms with Gasteiger partial charge in [-0.15, -0.1) is 11.3 Å². The molecule has 0 bridgehead atoms. The minimum atomic E-state index is -0.507. The van der Waals surface area contributed by atoms with Crippen LogP contribution >= 0.6 is 11.3 Å². The van der Waals surface area contributed by atoms with Crippen LogP contribution in [0.5, 0.6) is 0 Å². The van der Waals surface area contributed by atoms with Crippen molar-refractivity contribution in [2.75, 3.05) is 25.1 Å². The van der Waals surface area contributed by atoms with Crippen molar-refractivity contribution in [1.29, 1.82) is 5.26 Å². The number of nitrogens with one attached hydrogen (secondary N) is 1. The summed E-state index contributed by atoms with van der Waals surface area (Å²) < 4.78 is 9.87. The highest BCUT2D eigenvalue weighted by atomic mass is 32.1. The molecule has 0 aliphatic carbocycles. The van der Waals surface area contributed by atoms with Crippen LogP contribution in [0.25, 0.3) is 0 Å². The smallest absolute Gasteiger partial charge is 0.410 e. The summed E-state index contributed by atoms with van der Waals surface area (Å²) in [7, 11) is 0. The molecule has 3 rings (SSSR count). The van der Waals surface area contributed by atoms with Crippen LogP contribution < -0.4 is 5.32 Å². The van der Waals surface area contributed by atoms with Gasteiger partial charge in [0.15, 0.2) is 0 Å². The molecule has 2 aromatic heterocycles. The van der Waals surface area contributed by atoms with Crippen molar-refractivity contribution in [1.82, 2.24) is 9.88 Å². The Bertz CT molecular complexity index is 999. The molecule has 3 heterocycles. The SMILES string of the molecule is CC(=O)OCCOC(=O)N1CCc2c(sc(NC(=O)CCc3ccncc3)c2C#N)C1. The number of aromatic nitrogens is 1. The topological polar surface area (TPSA) is 122 Å². The fourth-order valence-corrected chi connectivity index (χ4v) is 4.40. The largest absolute Gasteiger partial charge is 0.462 e. The summed E-state index contributed by atoms with van der Waals surface area (Å²) in [5.41, 5.74) is 2.33. The number of carbonyl (C=O) groups is 3. The number of nitrogens with zero attached hydrogens (tertiary/aromatic N) is 3. The van der Waals surface area contributed by atoms with Gasteiger partial charge in [0.25, 0.3) is 0 Å². The monoisotopic (exact) mass is 442 g/mol. The number of pyridine rings is 1. The maximum Gasteiger partial charge on any atom is 0.410 e. The van der Waals surface area contributed by atoms with Crippen LogP contribution in [0.3, 0.4) is 0 Å².